The number of unbranched alkanes of at least 4 members (excludes halogenated alkanes) is 3. The second-order valence-electron chi connectivity index (χ2n) is 7.29. The monoisotopic (exact) mass is 267 g/mol. The van der Waals surface area contributed by atoms with E-state index in [9.17, 15) is 0 Å². The lowest BCUT2D eigenvalue weighted by atomic mass is 9.65. The maximum atomic E-state index is 2.57. The first-order chi connectivity index (χ1) is 9.03. The van der Waals surface area contributed by atoms with Crippen LogP contribution < -0.4 is 0 Å². The fourth-order valence-electron chi connectivity index (χ4n) is 3.91. The van der Waals surface area contributed by atoms with Gasteiger partial charge < -0.3 is 4.90 Å². The third-order valence-corrected chi connectivity index (χ3v) is 5.82. The first-order valence-electron chi connectivity index (χ1n) is 8.70. The summed E-state index contributed by atoms with van der Waals surface area (Å²) in [5, 5.41) is 0. The summed E-state index contributed by atoms with van der Waals surface area (Å²) >= 11 is 0. The minimum atomic E-state index is 0.616. The molecule has 0 bridgehead atoms. The van der Waals surface area contributed by atoms with Crippen LogP contribution in [0.4, 0.5) is 0 Å². The van der Waals surface area contributed by atoms with Gasteiger partial charge in [-0.2, -0.15) is 0 Å². The van der Waals surface area contributed by atoms with Crippen LogP contribution in [0.2, 0.25) is 0 Å². The van der Waals surface area contributed by atoms with E-state index >= 15 is 0 Å². The Kier molecular flexibility index (Phi) is 7.42. The topological polar surface area (TPSA) is 3.24 Å². The van der Waals surface area contributed by atoms with E-state index in [-0.39, 0.29) is 0 Å². The molecule has 1 unspecified atom stereocenters. The van der Waals surface area contributed by atoms with Gasteiger partial charge in [0.25, 0.3) is 0 Å². The van der Waals surface area contributed by atoms with Crippen molar-refractivity contribution in [1.82, 2.24) is 4.90 Å². The van der Waals surface area contributed by atoms with Crippen LogP contribution in [0.25, 0.3) is 0 Å². The second kappa shape index (κ2) is 8.29. The van der Waals surface area contributed by atoms with Crippen molar-refractivity contribution in [3.63, 3.8) is 0 Å². The Morgan fingerprint density at radius 3 is 2.05 bits per heavy atom. The molecule has 0 aromatic rings. The van der Waals surface area contributed by atoms with Gasteiger partial charge in [0, 0.05) is 6.04 Å². The van der Waals surface area contributed by atoms with Gasteiger partial charge in [-0.15, -0.1) is 0 Å². The highest BCUT2D eigenvalue weighted by atomic mass is 15.1. The molecule has 1 fully saturated rings. The smallest absolute Gasteiger partial charge is 0.00893 e. The quantitative estimate of drug-likeness (QED) is 0.525. The van der Waals surface area contributed by atoms with E-state index in [0.717, 1.165) is 12.0 Å². The van der Waals surface area contributed by atoms with Gasteiger partial charge in [0.1, 0.15) is 0 Å². The Bertz CT molecular complexity index is 228. The van der Waals surface area contributed by atoms with Crippen molar-refractivity contribution < 1.29 is 0 Å². The van der Waals surface area contributed by atoms with Gasteiger partial charge in [0.05, 0.1) is 0 Å². The van der Waals surface area contributed by atoms with Gasteiger partial charge >= 0.3 is 0 Å². The van der Waals surface area contributed by atoms with E-state index in [1.807, 2.05) is 0 Å². The number of hydrogen-bond acceptors (Lipinski definition) is 1. The molecular weight excluding hydrogens is 230 g/mol. The highest BCUT2D eigenvalue weighted by Gasteiger charge is 2.35. The summed E-state index contributed by atoms with van der Waals surface area (Å²) in [6, 6.07) is 0.845. The van der Waals surface area contributed by atoms with Gasteiger partial charge in [-0.3, -0.25) is 0 Å². The van der Waals surface area contributed by atoms with E-state index in [0.29, 0.717) is 5.41 Å². The highest BCUT2D eigenvalue weighted by molar-refractivity contribution is 4.87. The average molecular weight is 268 g/mol. The van der Waals surface area contributed by atoms with Crippen LogP contribution in [0.15, 0.2) is 0 Å². The summed E-state index contributed by atoms with van der Waals surface area (Å²) in [6.07, 6.45) is 14.3. The van der Waals surface area contributed by atoms with Crippen LogP contribution in [0.5, 0.6) is 0 Å². The minimum absolute atomic E-state index is 0.616. The highest BCUT2D eigenvalue weighted by Crippen LogP contribution is 2.44. The Labute approximate surface area is 122 Å². The molecule has 1 aliphatic carbocycles. The minimum Gasteiger partial charge on any atom is -0.306 e. The summed E-state index contributed by atoms with van der Waals surface area (Å²) in [4.78, 5) is 2.43. The SMILES string of the molecule is CCCCCCC(C)(CC)C1CCC(N(C)C)CC1. The molecule has 114 valence electrons. The van der Waals surface area contributed by atoms with E-state index in [1.165, 1.54) is 64.2 Å². The molecule has 1 heteroatoms. The fraction of sp³-hybridized carbons (Fsp3) is 1.00. The summed E-state index contributed by atoms with van der Waals surface area (Å²) in [6.45, 7) is 7.29. The van der Waals surface area contributed by atoms with Gasteiger partial charge in [-0.05, 0) is 57.5 Å². The summed E-state index contributed by atoms with van der Waals surface area (Å²) in [5.74, 6) is 0.982. The third kappa shape index (κ3) is 5.10. The zero-order valence-corrected chi connectivity index (χ0v) is 14.2. The summed E-state index contributed by atoms with van der Waals surface area (Å²) in [5.41, 5.74) is 0.616. The summed E-state index contributed by atoms with van der Waals surface area (Å²) in [7, 11) is 4.49. The molecule has 0 aliphatic heterocycles. The Hall–Kier alpha value is -0.0400. The van der Waals surface area contributed by atoms with Gasteiger partial charge in [0.2, 0.25) is 0 Å². The normalized spacial score (nSPS) is 27.5. The number of nitrogens with zero attached hydrogens (tertiary/aromatic N) is 1. The molecule has 0 amide bonds. The van der Waals surface area contributed by atoms with Crippen molar-refractivity contribution in [2.45, 2.75) is 91.0 Å². The van der Waals surface area contributed by atoms with E-state index in [4.69, 9.17) is 0 Å². The van der Waals surface area contributed by atoms with Crippen molar-refractivity contribution in [3.05, 3.63) is 0 Å². The van der Waals surface area contributed by atoms with Crippen LogP contribution >= 0.6 is 0 Å². The molecule has 0 aromatic heterocycles. The predicted octanol–water partition coefficient (Wildman–Crippen LogP) is 5.49. The van der Waals surface area contributed by atoms with Crippen molar-refractivity contribution in [2.75, 3.05) is 14.1 Å². The molecule has 1 saturated carbocycles. The van der Waals surface area contributed by atoms with Gasteiger partial charge in [0.15, 0.2) is 0 Å². The first kappa shape index (κ1) is 17.0. The lowest BCUT2D eigenvalue weighted by Gasteiger charge is -2.43. The molecule has 0 saturated heterocycles. The standard InChI is InChI=1S/C18H37N/c1-6-8-9-10-15-18(3,7-2)16-11-13-17(14-12-16)19(4)5/h16-17H,6-15H2,1-5H3. The Balaban J connectivity index is 2.41. The molecule has 1 rings (SSSR count). The lowest BCUT2D eigenvalue weighted by molar-refractivity contribution is 0.0838. The van der Waals surface area contributed by atoms with Crippen LogP contribution in [-0.2, 0) is 0 Å². The van der Waals surface area contributed by atoms with E-state index < -0.39 is 0 Å². The van der Waals surface area contributed by atoms with Crippen LogP contribution in [-0.4, -0.2) is 25.0 Å². The molecule has 0 aromatic carbocycles. The number of rotatable bonds is 8. The molecule has 1 atom stereocenters. The Morgan fingerprint density at radius 1 is 0.947 bits per heavy atom. The summed E-state index contributed by atoms with van der Waals surface area (Å²) < 4.78 is 0. The molecule has 0 spiro atoms. The molecule has 0 radical (unpaired) electrons. The van der Waals surface area contributed by atoms with Crippen molar-refractivity contribution in [1.29, 1.82) is 0 Å². The van der Waals surface area contributed by atoms with Crippen molar-refractivity contribution in [3.8, 4) is 0 Å². The van der Waals surface area contributed by atoms with Crippen LogP contribution in [0.3, 0.4) is 0 Å². The fourth-order valence-corrected chi connectivity index (χ4v) is 3.91. The maximum absolute atomic E-state index is 2.57. The molecule has 19 heavy (non-hydrogen) atoms. The average Bonchev–Trinajstić information content (AvgIpc) is 2.43. The largest absolute Gasteiger partial charge is 0.306 e. The van der Waals surface area contributed by atoms with Gasteiger partial charge in [-0.1, -0.05) is 52.9 Å². The second-order valence-corrected chi connectivity index (χ2v) is 7.29. The van der Waals surface area contributed by atoms with Crippen molar-refractivity contribution >= 4 is 0 Å². The molecule has 1 nitrogen and oxygen atoms in total. The van der Waals surface area contributed by atoms with Gasteiger partial charge in [-0.25, -0.2) is 0 Å². The van der Waals surface area contributed by atoms with E-state index in [1.54, 1.807) is 0 Å². The van der Waals surface area contributed by atoms with Crippen LogP contribution in [0, 0.1) is 11.3 Å². The maximum Gasteiger partial charge on any atom is 0.00893 e. The van der Waals surface area contributed by atoms with Crippen molar-refractivity contribution in [2.24, 2.45) is 11.3 Å². The number of hydrogen-bond donors (Lipinski definition) is 0. The third-order valence-electron chi connectivity index (χ3n) is 5.82. The van der Waals surface area contributed by atoms with Crippen LogP contribution in [0.1, 0.15) is 85.0 Å². The molecule has 0 N–H and O–H groups in total. The molecule has 0 heterocycles. The Morgan fingerprint density at radius 2 is 1.58 bits per heavy atom. The molecular formula is C18H37N. The lowest BCUT2D eigenvalue weighted by Crippen LogP contribution is -2.37. The molecule has 1 aliphatic rings. The predicted molar refractivity (Wildman–Crippen MR) is 86.6 cm³/mol. The zero-order valence-electron chi connectivity index (χ0n) is 14.2. The van der Waals surface area contributed by atoms with E-state index in [2.05, 4.69) is 39.8 Å². The first-order valence-corrected chi connectivity index (χ1v) is 8.70. The zero-order chi connectivity index (χ0) is 14.3.